The van der Waals surface area contributed by atoms with Gasteiger partial charge in [0.15, 0.2) is 0 Å². The lowest BCUT2D eigenvalue weighted by atomic mass is 9.87. The molecular weight excluding hydrogens is 248 g/mol. The van der Waals surface area contributed by atoms with Gasteiger partial charge in [-0.15, -0.1) is 0 Å². The highest BCUT2D eigenvalue weighted by Crippen LogP contribution is 2.25. The zero-order valence-corrected chi connectivity index (χ0v) is 10.9. The van der Waals surface area contributed by atoms with Crippen LogP contribution in [0.3, 0.4) is 0 Å². The molecule has 6 nitrogen and oxygen atoms in total. The average molecular weight is 264 g/mol. The van der Waals surface area contributed by atoms with Gasteiger partial charge in [-0.1, -0.05) is 6.92 Å². The Hall–Kier alpha value is -2.11. The summed E-state index contributed by atoms with van der Waals surface area (Å²) in [4.78, 5) is 28.5. The first-order valence-electron chi connectivity index (χ1n) is 6.05. The van der Waals surface area contributed by atoms with E-state index in [1.807, 2.05) is 0 Å². The number of methoxy groups -OCH3 is 1. The van der Waals surface area contributed by atoms with Crippen LogP contribution in [0, 0.1) is 11.8 Å². The van der Waals surface area contributed by atoms with Crippen LogP contribution in [0.5, 0.6) is 5.88 Å². The first kappa shape index (κ1) is 13.3. The molecule has 1 amide bonds. The van der Waals surface area contributed by atoms with Crippen molar-refractivity contribution in [3.05, 3.63) is 23.9 Å². The second-order valence-electron chi connectivity index (χ2n) is 4.69. The summed E-state index contributed by atoms with van der Waals surface area (Å²) in [7, 11) is 1.51. The van der Waals surface area contributed by atoms with E-state index in [9.17, 15) is 9.59 Å². The highest BCUT2D eigenvalue weighted by atomic mass is 16.5. The van der Waals surface area contributed by atoms with Gasteiger partial charge in [-0.25, -0.2) is 4.98 Å². The predicted molar refractivity (Wildman–Crippen MR) is 67.0 cm³/mol. The maximum Gasteiger partial charge on any atom is 0.306 e. The van der Waals surface area contributed by atoms with Crippen LogP contribution < -0.4 is 4.74 Å². The fourth-order valence-electron chi connectivity index (χ4n) is 2.01. The third-order valence-corrected chi connectivity index (χ3v) is 3.49. The molecule has 1 unspecified atom stereocenters. The number of aromatic nitrogens is 1. The minimum absolute atomic E-state index is 0.0349. The van der Waals surface area contributed by atoms with Gasteiger partial charge in [-0.3, -0.25) is 9.59 Å². The molecule has 1 saturated heterocycles. The Morgan fingerprint density at radius 2 is 2.16 bits per heavy atom. The van der Waals surface area contributed by atoms with E-state index in [1.165, 1.54) is 13.3 Å². The van der Waals surface area contributed by atoms with Crippen LogP contribution >= 0.6 is 0 Å². The number of carbonyl (C=O) groups is 2. The number of carbonyl (C=O) groups excluding carboxylic acids is 1. The van der Waals surface area contributed by atoms with Gasteiger partial charge in [0.25, 0.3) is 5.91 Å². The van der Waals surface area contributed by atoms with Gasteiger partial charge in [0, 0.05) is 31.3 Å². The molecule has 19 heavy (non-hydrogen) atoms. The van der Waals surface area contributed by atoms with Crippen LogP contribution in [0.1, 0.15) is 17.3 Å². The van der Waals surface area contributed by atoms with E-state index < -0.39 is 11.9 Å². The fraction of sp³-hybridized carbons (Fsp3) is 0.462. The number of hydrogen-bond donors (Lipinski definition) is 1. The Kier molecular flexibility index (Phi) is 3.69. The van der Waals surface area contributed by atoms with E-state index in [4.69, 9.17) is 9.84 Å². The van der Waals surface area contributed by atoms with Gasteiger partial charge >= 0.3 is 5.97 Å². The highest BCUT2D eigenvalue weighted by Gasteiger charge is 2.37. The number of carboxylic acids is 1. The molecule has 6 heteroatoms. The Morgan fingerprint density at radius 1 is 1.47 bits per heavy atom. The third-order valence-electron chi connectivity index (χ3n) is 3.49. The molecular formula is C13H16N2O4. The van der Waals surface area contributed by atoms with Gasteiger partial charge in [0.1, 0.15) is 0 Å². The normalized spacial score (nSPS) is 16.6. The molecule has 0 aliphatic carbocycles. The molecule has 2 heterocycles. The molecule has 1 aromatic heterocycles. The van der Waals surface area contributed by atoms with Crippen molar-refractivity contribution in [2.75, 3.05) is 20.2 Å². The molecule has 0 spiro atoms. The van der Waals surface area contributed by atoms with E-state index in [-0.39, 0.29) is 11.8 Å². The smallest absolute Gasteiger partial charge is 0.306 e. The standard InChI is InChI=1S/C13H16N2O4/c1-8(13(17)18)10-6-15(7-10)12(16)9-3-4-11(19-2)14-5-9/h3-5,8,10H,6-7H2,1-2H3,(H,17,18). The molecule has 1 aliphatic heterocycles. The second-order valence-corrected chi connectivity index (χ2v) is 4.69. The van der Waals surface area contributed by atoms with Crippen LogP contribution in [0.25, 0.3) is 0 Å². The van der Waals surface area contributed by atoms with E-state index in [0.717, 1.165) is 0 Å². The van der Waals surface area contributed by atoms with Crippen LogP contribution in [-0.2, 0) is 4.79 Å². The number of aliphatic carboxylic acids is 1. The minimum Gasteiger partial charge on any atom is -0.481 e. The van der Waals surface area contributed by atoms with Crippen LogP contribution in [0.15, 0.2) is 18.3 Å². The van der Waals surface area contributed by atoms with Gasteiger partial charge < -0.3 is 14.7 Å². The molecule has 1 N–H and O–H groups in total. The Labute approximate surface area is 111 Å². The summed E-state index contributed by atoms with van der Waals surface area (Å²) in [5, 5.41) is 8.89. The zero-order valence-electron chi connectivity index (χ0n) is 10.9. The van der Waals surface area contributed by atoms with Crippen molar-refractivity contribution in [3.63, 3.8) is 0 Å². The van der Waals surface area contributed by atoms with Gasteiger partial charge in [0.2, 0.25) is 5.88 Å². The van der Waals surface area contributed by atoms with Crippen molar-refractivity contribution in [1.29, 1.82) is 0 Å². The first-order valence-corrected chi connectivity index (χ1v) is 6.05. The van der Waals surface area contributed by atoms with Crippen LogP contribution in [-0.4, -0.2) is 47.1 Å². The minimum atomic E-state index is -0.816. The number of carboxylic acid groups (broad SMARTS) is 1. The van der Waals surface area contributed by atoms with Crippen molar-refractivity contribution in [3.8, 4) is 5.88 Å². The first-order chi connectivity index (χ1) is 9.02. The number of rotatable bonds is 4. The Morgan fingerprint density at radius 3 is 2.63 bits per heavy atom. The lowest BCUT2D eigenvalue weighted by Crippen LogP contribution is -2.53. The van der Waals surface area contributed by atoms with Crippen LogP contribution in [0.4, 0.5) is 0 Å². The second kappa shape index (κ2) is 5.26. The topological polar surface area (TPSA) is 79.7 Å². The van der Waals surface area contributed by atoms with Crippen LogP contribution in [0.2, 0.25) is 0 Å². The maximum absolute atomic E-state index is 12.1. The number of nitrogens with zero attached hydrogens (tertiary/aromatic N) is 2. The molecule has 102 valence electrons. The molecule has 0 radical (unpaired) electrons. The summed E-state index contributed by atoms with van der Waals surface area (Å²) in [6.07, 6.45) is 1.47. The van der Waals surface area contributed by atoms with E-state index in [1.54, 1.807) is 24.0 Å². The average Bonchev–Trinajstić information content (AvgIpc) is 2.36. The summed E-state index contributed by atoms with van der Waals surface area (Å²) in [6.45, 7) is 2.64. The number of hydrogen-bond acceptors (Lipinski definition) is 4. The Balaban J connectivity index is 1.94. The molecule has 0 bridgehead atoms. The summed E-state index contributed by atoms with van der Waals surface area (Å²) in [6, 6.07) is 3.28. The van der Waals surface area contributed by atoms with Crippen molar-refractivity contribution < 1.29 is 19.4 Å². The maximum atomic E-state index is 12.1. The Bertz CT molecular complexity index is 480. The van der Waals surface area contributed by atoms with Gasteiger partial charge in [-0.05, 0) is 6.07 Å². The van der Waals surface area contributed by atoms with Gasteiger partial charge in [0.05, 0.1) is 18.6 Å². The lowest BCUT2D eigenvalue weighted by molar-refractivity contribution is -0.144. The SMILES string of the molecule is COc1ccc(C(=O)N2CC(C(C)C(=O)O)C2)cn1. The number of pyridine rings is 1. The molecule has 1 aliphatic rings. The largest absolute Gasteiger partial charge is 0.481 e. The number of likely N-dealkylation sites (tertiary alicyclic amines) is 1. The fourth-order valence-corrected chi connectivity index (χ4v) is 2.01. The molecule has 2 rings (SSSR count). The summed E-state index contributed by atoms with van der Waals surface area (Å²) in [5.41, 5.74) is 0.488. The third kappa shape index (κ3) is 2.67. The summed E-state index contributed by atoms with van der Waals surface area (Å²) >= 11 is 0. The molecule has 0 saturated carbocycles. The van der Waals surface area contributed by atoms with E-state index >= 15 is 0 Å². The predicted octanol–water partition coefficient (Wildman–Crippen LogP) is 0.883. The lowest BCUT2D eigenvalue weighted by Gasteiger charge is -2.41. The quantitative estimate of drug-likeness (QED) is 0.873. The van der Waals surface area contributed by atoms with E-state index in [0.29, 0.717) is 24.5 Å². The summed E-state index contributed by atoms with van der Waals surface area (Å²) < 4.78 is 4.92. The van der Waals surface area contributed by atoms with Crippen molar-refractivity contribution in [2.24, 2.45) is 11.8 Å². The van der Waals surface area contributed by atoms with Crippen molar-refractivity contribution >= 4 is 11.9 Å². The molecule has 0 aromatic carbocycles. The number of ether oxygens (including phenoxy) is 1. The monoisotopic (exact) mass is 264 g/mol. The number of amides is 1. The zero-order chi connectivity index (χ0) is 14.0. The molecule has 1 fully saturated rings. The summed E-state index contributed by atoms with van der Waals surface area (Å²) in [5.74, 6) is -0.865. The highest BCUT2D eigenvalue weighted by molar-refractivity contribution is 5.94. The van der Waals surface area contributed by atoms with Crippen molar-refractivity contribution in [2.45, 2.75) is 6.92 Å². The van der Waals surface area contributed by atoms with Gasteiger partial charge in [-0.2, -0.15) is 0 Å². The molecule has 1 aromatic rings. The molecule has 1 atom stereocenters. The van der Waals surface area contributed by atoms with Crippen molar-refractivity contribution in [1.82, 2.24) is 9.88 Å². The van der Waals surface area contributed by atoms with E-state index in [2.05, 4.69) is 4.98 Å².